The van der Waals surface area contributed by atoms with Gasteiger partial charge in [-0.25, -0.2) is 0 Å². The number of esters is 1. The van der Waals surface area contributed by atoms with Crippen LogP contribution >= 0.6 is 0 Å². The largest absolute Gasteiger partial charge is 0.478 e. The van der Waals surface area contributed by atoms with E-state index in [-0.39, 0.29) is 18.9 Å². The van der Waals surface area contributed by atoms with E-state index in [0.717, 1.165) is 0 Å². The molecule has 6 nitrogen and oxygen atoms in total. The highest BCUT2D eigenvalue weighted by Gasteiger charge is 2.29. The Morgan fingerprint density at radius 2 is 2.25 bits per heavy atom. The van der Waals surface area contributed by atoms with Crippen molar-refractivity contribution < 1.29 is 19.1 Å². The van der Waals surface area contributed by atoms with Crippen molar-refractivity contribution in [2.24, 2.45) is 0 Å². The number of ether oxygens (including phenoxy) is 2. The molecule has 1 aliphatic rings. The van der Waals surface area contributed by atoms with Crippen LogP contribution in [-0.2, 0) is 14.3 Å². The standard InChI is InChI=1S/C14H14N2O4/c15-7-3-4-8-19-13(17)9-12-14(18)16-10-5-1-2-6-11(10)20-12/h1-2,5-6,12H,3-4,8-9H2,(H,16,18). The Morgan fingerprint density at radius 1 is 1.45 bits per heavy atom. The first-order valence-corrected chi connectivity index (χ1v) is 6.30. The first kappa shape index (κ1) is 13.9. The Bertz CT molecular complexity index is 550. The van der Waals surface area contributed by atoms with Gasteiger partial charge in [-0.15, -0.1) is 0 Å². The molecule has 1 aliphatic heterocycles. The molecule has 0 aromatic heterocycles. The van der Waals surface area contributed by atoms with Crippen molar-refractivity contribution in [1.29, 1.82) is 5.26 Å². The smallest absolute Gasteiger partial charge is 0.310 e. The zero-order valence-corrected chi connectivity index (χ0v) is 10.8. The molecule has 0 aliphatic carbocycles. The van der Waals surface area contributed by atoms with Crippen molar-refractivity contribution in [3.8, 4) is 11.8 Å². The molecule has 20 heavy (non-hydrogen) atoms. The maximum atomic E-state index is 11.8. The number of hydrogen-bond donors (Lipinski definition) is 1. The Kier molecular flexibility index (Phi) is 4.56. The molecular weight excluding hydrogens is 260 g/mol. The summed E-state index contributed by atoms with van der Waals surface area (Å²) in [7, 11) is 0. The summed E-state index contributed by atoms with van der Waals surface area (Å²) in [5.41, 5.74) is 0.594. The van der Waals surface area contributed by atoms with Gasteiger partial charge in [0.2, 0.25) is 0 Å². The van der Waals surface area contributed by atoms with Gasteiger partial charge in [-0.2, -0.15) is 5.26 Å². The number of benzene rings is 1. The first-order chi connectivity index (χ1) is 9.70. The molecule has 1 aromatic rings. The van der Waals surface area contributed by atoms with Crippen molar-refractivity contribution >= 4 is 17.6 Å². The molecule has 2 rings (SSSR count). The Morgan fingerprint density at radius 3 is 3.05 bits per heavy atom. The minimum Gasteiger partial charge on any atom is -0.478 e. The summed E-state index contributed by atoms with van der Waals surface area (Å²) in [5, 5.41) is 11.0. The van der Waals surface area contributed by atoms with Crippen LogP contribution in [0, 0.1) is 11.3 Å². The molecule has 0 saturated heterocycles. The predicted molar refractivity (Wildman–Crippen MR) is 69.9 cm³/mol. The summed E-state index contributed by atoms with van der Waals surface area (Å²) in [6.07, 6.45) is -0.204. The van der Waals surface area contributed by atoms with Crippen LogP contribution in [0.25, 0.3) is 0 Å². The highest BCUT2D eigenvalue weighted by atomic mass is 16.5. The fraction of sp³-hybridized carbons (Fsp3) is 0.357. The lowest BCUT2D eigenvalue weighted by Crippen LogP contribution is -2.38. The van der Waals surface area contributed by atoms with Crippen LogP contribution in [0.1, 0.15) is 19.3 Å². The molecule has 1 heterocycles. The SMILES string of the molecule is N#CCCCOC(=O)CC1Oc2ccccc2NC1=O. The molecule has 1 N–H and O–H groups in total. The van der Waals surface area contributed by atoms with Crippen LogP contribution in [0.5, 0.6) is 5.75 Å². The molecule has 1 atom stereocenters. The van der Waals surface area contributed by atoms with E-state index in [1.54, 1.807) is 24.3 Å². The molecule has 0 spiro atoms. The highest BCUT2D eigenvalue weighted by molar-refractivity contribution is 5.99. The number of hydrogen-bond acceptors (Lipinski definition) is 5. The van der Waals surface area contributed by atoms with E-state index in [0.29, 0.717) is 24.3 Å². The van der Waals surface area contributed by atoms with Gasteiger partial charge < -0.3 is 14.8 Å². The zero-order valence-electron chi connectivity index (χ0n) is 10.8. The predicted octanol–water partition coefficient (Wildman–Crippen LogP) is 1.62. The summed E-state index contributed by atoms with van der Waals surface area (Å²) in [5.74, 6) is -0.338. The van der Waals surface area contributed by atoms with Crippen LogP contribution < -0.4 is 10.1 Å². The molecule has 0 fully saturated rings. The highest BCUT2D eigenvalue weighted by Crippen LogP contribution is 2.29. The van der Waals surface area contributed by atoms with E-state index in [1.165, 1.54) is 0 Å². The van der Waals surface area contributed by atoms with Gasteiger partial charge in [-0.05, 0) is 18.6 Å². The number of nitrogens with zero attached hydrogens (tertiary/aromatic N) is 1. The van der Waals surface area contributed by atoms with Gasteiger partial charge in [0, 0.05) is 6.42 Å². The van der Waals surface area contributed by atoms with Crippen LogP contribution in [0.2, 0.25) is 0 Å². The number of fused-ring (bicyclic) bond motifs is 1. The van der Waals surface area contributed by atoms with E-state index < -0.39 is 12.1 Å². The van der Waals surface area contributed by atoms with Gasteiger partial charge in [0.05, 0.1) is 24.8 Å². The second kappa shape index (κ2) is 6.57. The third-order valence-electron chi connectivity index (χ3n) is 2.75. The number of rotatable bonds is 5. The maximum absolute atomic E-state index is 11.8. The number of anilines is 1. The van der Waals surface area contributed by atoms with Crippen molar-refractivity contribution in [3.05, 3.63) is 24.3 Å². The summed E-state index contributed by atoms with van der Waals surface area (Å²) in [4.78, 5) is 23.3. The number of carbonyl (C=O) groups excluding carboxylic acids is 2. The van der Waals surface area contributed by atoms with Gasteiger partial charge >= 0.3 is 5.97 Å². The van der Waals surface area contributed by atoms with E-state index >= 15 is 0 Å². The second-order valence-electron chi connectivity index (χ2n) is 4.28. The summed E-state index contributed by atoms with van der Waals surface area (Å²) in [6.45, 7) is 0.178. The molecule has 6 heteroatoms. The normalized spacial score (nSPS) is 16.4. The summed E-state index contributed by atoms with van der Waals surface area (Å²) >= 11 is 0. The quantitative estimate of drug-likeness (QED) is 0.651. The molecule has 0 bridgehead atoms. The topological polar surface area (TPSA) is 88.4 Å². The van der Waals surface area contributed by atoms with Crippen molar-refractivity contribution in [3.63, 3.8) is 0 Å². The second-order valence-corrected chi connectivity index (χ2v) is 4.28. The van der Waals surface area contributed by atoms with Crippen molar-refractivity contribution in [1.82, 2.24) is 0 Å². The van der Waals surface area contributed by atoms with Gasteiger partial charge in [0.1, 0.15) is 5.75 Å². The van der Waals surface area contributed by atoms with Crippen LogP contribution in [0.4, 0.5) is 5.69 Å². The third kappa shape index (κ3) is 3.48. The van der Waals surface area contributed by atoms with Crippen LogP contribution in [-0.4, -0.2) is 24.6 Å². The first-order valence-electron chi connectivity index (χ1n) is 6.30. The van der Waals surface area contributed by atoms with Gasteiger partial charge in [-0.1, -0.05) is 12.1 Å². The van der Waals surface area contributed by atoms with Crippen molar-refractivity contribution in [2.45, 2.75) is 25.4 Å². The minimum absolute atomic E-state index is 0.146. The number of unbranched alkanes of at least 4 members (excludes halogenated alkanes) is 1. The minimum atomic E-state index is -0.881. The maximum Gasteiger partial charge on any atom is 0.310 e. The lowest BCUT2D eigenvalue weighted by atomic mass is 10.1. The molecular formula is C14H14N2O4. The zero-order chi connectivity index (χ0) is 14.4. The van der Waals surface area contributed by atoms with E-state index in [4.69, 9.17) is 14.7 Å². The number of nitriles is 1. The lowest BCUT2D eigenvalue weighted by Gasteiger charge is -2.25. The average molecular weight is 274 g/mol. The molecule has 1 unspecified atom stereocenters. The Labute approximate surface area is 116 Å². The number of carbonyl (C=O) groups is 2. The molecule has 104 valence electrons. The molecule has 0 saturated carbocycles. The number of amides is 1. The van der Waals surface area contributed by atoms with E-state index in [2.05, 4.69) is 5.32 Å². The average Bonchev–Trinajstić information content (AvgIpc) is 2.44. The number of para-hydroxylation sites is 2. The molecule has 1 aromatic carbocycles. The monoisotopic (exact) mass is 274 g/mol. The molecule has 1 amide bonds. The van der Waals surface area contributed by atoms with Crippen molar-refractivity contribution in [2.75, 3.05) is 11.9 Å². The summed E-state index contributed by atoms with van der Waals surface area (Å²) in [6, 6.07) is 8.98. The van der Waals surface area contributed by atoms with Crippen LogP contribution in [0.3, 0.4) is 0 Å². The van der Waals surface area contributed by atoms with Crippen LogP contribution in [0.15, 0.2) is 24.3 Å². The van der Waals surface area contributed by atoms with Gasteiger partial charge in [0.25, 0.3) is 5.91 Å². The van der Waals surface area contributed by atoms with E-state index in [1.807, 2.05) is 6.07 Å². The summed E-state index contributed by atoms with van der Waals surface area (Å²) < 4.78 is 10.4. The van der Waals surface area contributed by atoms with E-state index in [9.17, 15) is 9.59 Å². The third-order valence-corrected chi connectivity index (χ3v) is 2.75. The Balaban J connectivity index is 1.86. The number of nitrogens with one attached hydrogen (secondary N) is 1. The van der Waals surface area contributed by atoms with Gasteiger partial charge in [-0.3, -0.25) is 9.59 Å². The Hall–Kier alpha value is -2.55. The lowest BCUT2D eigenvalue weighted by molar-refractivity contribution is -0.147. The van der Waals surface area contributed by atoms with Gasteiger partial charge in [0.15, 0.2) is 6.10 Å². The fourth-order valence-electron chi connectivity index (χ4n) is 1.77. The fourth-order valence-corrected chi connectivity index (χ4v) is 1.77. The molecule has 0 radical (unpaired) electrons.